The Hall–Kier alpha value is -1.51. The predicted octanol–water partition coefficient (Wildman–Crippen LogP) is 2.18. The van der Waals surface area contributed by atoms with Crippen LogP contribution < -0.4 is 0 Å². The molecule has 0 amide bonds. The standard InChI is InChI=1S/C10H12F3N3O2S/c1-3-5-18-9(17)8-7(2)16(15-14-8)4-6-19-10(11,12)13/h3H,1,4-6H2,2H3. The zero-order valence-corrected chi connectivity index (χ0v) is 10.9. The molecule has 1 aromatic heterocycles. The van der Waals surface area contributed by atoms with Crippen molar-refractivity contribution in [2.75, 3.05) is 12.4 Å². The lowest BCUT2D eigenvalue weighted by molar-refractivity contribution is -0.0328. The van der Waals surface area contributed by atoms with E-state index in [2.05, 4.69) is 16.9 Å². The molecule has 0 radical (unpaired) electrons. The average Bonchev–Trinajstić information content (AvgIpc) is 2.67. The molecule has 19 heavy (non-hydrogen) atoms. The van der Waals surface area contributed by atoms with Crippen molar-refractivity contribution in [2.24, 2.45) is 0 Å². The number of aryl methyl sites for hydroxylation is 1. The van der Waals surface area contributed by atoms with Gasteiger partial charge in [-0.3, -0.25) is 0 Å². The topological polar surface area (TPSA) is 57.0 Å². The van der Waals surface area contributed by atoms with Crippen LogP contribution in [0.2, 0.25) is 0 Å². The lowest BCUT2D eigenvalue weighted by Crippen LogP contribution is -2.11. The van der Waals surface area contributed by atoms with Gasteiger partial charge in [0, 0.05) is 5.75 Å². The third kappa shape index (κ3) is 4.93. The maximum absolute atomic E-state index is 12.0. The molecule has 0 saturated carbocycles. The van der Waals surface area contributed by atoms with Crippen molar-refractivity contribution in [1.29, 1.82) is 0 Å². The minimum absolute atomic E-state index is 0.00106. The maximum Gasteiger partial charge on any atom is 0.441 e. The number of esters is 1. The van der Waals surface area contributed by atoms with Crippen LogP contribution in [0.1, 0.15) is 16.2 Å². The number of halogens is 3. The Bertz CT molecular complexity index is 459. The van der Waals surface area contributed by atoms with Gasteiger partial charge in [-0.15, -0.1) is 5.10 Å². The van der Waals surface area contributed by atoms with E-state index in [1.165, 1.54) is 10.8 Å². The molecule has 0 aliphatic rings. The van der Waals surface area contributed by atoms with Gasteiger partial charge in [0.15, 0.2) is 5.69 Å². The van der Waals surface area contributed by atoms with Gasteiger partial charge in [0.1, 0.15) is 6.61 Å². The second-order valence-corrected chi connectivity index (χ2v) is 4.59. The summed E-state index contributed by atoms with van der Waals surface area (Å²) < 4.78 is 41.9. The number of rotatable bonds is 6. The highest BCUT2D eigenvalue weighted by Gasteiger charge is 2.28. The molecule has 1 heterocycles. The summed E-state index contributed by atoms with van der Waals surface area (Å²) in [6.07, 6.45) is 1.40. The highest BCUT2D eigenvalue weighted by atomic mass is 32.2. The van der Waals surface area contributed by atoms with Gasteiger partial charge < -0.3 is 4.74 Å². The van der Waals surface area contributed by atoms with Crippen LogP contribution in [0.4, 0.5) is 13.2 Å². The van der Waals surface area contributed by atoms with Crippen molar-refractivity contribution in [3.8, 4) is 0 Å². The van der Waals surface area contributed by atoms with E-state index in [4.69, 9.17) is 4.74 Å². The van der Waals surface area contributed by atoms with Crippen LogP contribution >= 0.6 is 11.8 Å². The van der Waals surface area contributed by atoms with Crippen LogP contribution in [0.25, 0.3) is 0 Å². The van der Waals surface area contributed by atoms with Gasteiger partial charge in [-0.05, 0) is 18.7 Å². The fourth-order valence-electron chi connectivity index (χ4n) is 1.21. The molecule has 1 rings (SSSR count). The molecule has 0 saturated heterocycles. The molecule has 0 N–H and O–H groups in total. The first-order chi connectivity index (χ1) is 8.85. The van der Waals surface area contributed by atoms with E-state index < -0.39 is 11.5 Å². The molecule has 0 aliphatic carbocycles. The largest absolute Gasteiger partial charge is 0.457 e. The summed E-state index contributed by atoms with van der Waals surface area (Å²) in [5.74, 6) is -0.874. The van der Waals surface area contributed by atoms with Gasteiger partial charge in [0.05, 0.1) is 12.2 Å². The fourth-order valence-corrected chi connectivity index (χ4v) is 1.71. The number of carbonyl (C=O) groups excluding carboxylic acids is 1. The average molecular weight is 295 g/mol. The molecule has 106 valence electrons. The van der Waals surface area contributed by atoms with Crippen LogP contribution in [-0.2, 0) is 11.3 Å². The Morgan fingerprint density at radius 2 is 2.26 bits per heavy atom. The van der Waals surface area contributed by atoms with E-state index in [-0.39, 0.29) is 36.4 Å². The number of aromatic nitrogens is 3. The molecule has 1 aromatic rings. The minimum atomic E-state index is -4.28. The van der Waals surface area contributed by atoms with Crippen LogP contribution in [-0.4, -0.2) is 38.8 Å². The third-order valence-electron chi connectivity index (χ3n) is 2.08. The Labute approximate surface area is 111 Å². The van der Waals surface area contributed by atoms with Crippen molar-refractivity contribution in [1.82, 2.24) is 15.0 Å². The van der Waals surface area contributed by atoms with E-state index in [0.29, 0.717) is 5.69 Å². The summed E-state index contributed by atoms with van der Waals surface area (Å²) in [5.41, 5.74) is -3.91. The maximum atomic E-state index is 12.0. The monoisotopic (exact) mass is 295 g/mol. The second-order valence-electron chi connectivity index (χ2n) is 3.43. The van der Waals surface area contributed by atoms with Gasteiger partial charge in [-0.2, -0.15) is 13.2 Å². The molecule has 5 nitrogen and oxygen atoms in total. The second kappa shape index (κ2) is 6.60. The predicted molar refractivity (Wildman–Crippen MR) is 63.8 cm³/mol. The Morgan fingerprint density at radius 1 is 1.58 bits per heavy atom. The lowest BCUT2D eigenvalue weighted by atomic mass is 10.3. The SMILES string of the molecule is C=CCOC(=O)c1nnn(CCSC(F)(F)F)c1C. The quantitative estimate of drug-likeness (QED) is 0.595. The van der Waals surface area contributed by atoms with E-state index in [9.17, 15) is 18.0 Å². The summed E-state index contributed by atoms with van der Waals surface area (Å²) in [4.78, 5) is 11.5. The first-order valence-electron chi connectivity index (χ1n) is 5.24. The number of alkyl halides is 3. The van der Waals surface area contributed by atoms with Crippen molar-refractivity contribution in [3.63, 3.8) is 0 Å². The summed E-state index contributed by atoms with van der Waals surface area (Å²) in [5, 5.41) is 7.22. The van der Waals surface area contributed by atoms with Crippen molar-refractivity contribution in [2.45, 2.75) is 19.0 Å². The first-order valence-corrected chi connectivity index (χ1v) is 6.22. The van der Waals surface area contributed by atoms with Gasteiger partial charge >= 0.3 is 11.5 Å². The molecule has 0 atom stereocenters. The molecule has 0 spiro atoms. The summed E-state index contributed by atoms with van der Waals surface area (Å²) in [7, 11) is 0. The first kappa shape index (κ1) is 15.5. The summed E-state index contributed by atoms with van der Waals surface area (Å²) in [6.45, 7) is 4.98. The fraction of sp³-hybridized carbons (Fsp3) is 0.500. The summed E-state index contributed by atoms with van der Waals surface area (Å²) >= 11 is -0.149. The van der Waals surface area contributed by atoms with Crippen LogP contribution in [0.5, 0.6) is 0 Å². The Kier molecular flexibility index (Phi) is 5.40. The zero-order chi connectivity index (χ0) is 14.5. The number of hydrogen-bond donors (Lipinski definition) is 0. The highest BCUT2D eigenvalue weighted by molar-refractivity contribution is 8.00. The normalized spacial score (nSPS) is 11.4. The van der Waals surface area contributed by atoms with Crippen molar-refractivity contribution in [3.05, 3.63) is 24.0 Å². The smallest absolute Gasteiger partial charge is 0.441 e. The molecular formula is C10H12F3N3O2S. The van der Waals surface area contributed by atoms with Gasteiger partial charge in [-0.25, -0.2) is 9.48 Å². The minimum Gasteiger partial charge on any atom is -0.457 e. The molecular weight excluding hydrogens is 283 g/mol. The Morgan fingerprint density at radius 3 is 2.84 bits per heavy atom. The molecule has 0 aliphatic heterocycles. The van der Waals surface area contributed by atoms with Crippen LogP contribution in [0.15, 0.2) is 12.7 Å². The van der Waals surface area contributed by atoms with E-state index in [1.54, 1.807) is 6.92 Å². The number of ether oxygens (including phenoxy) is 1. The van der Waals surface area contributed by atoms with E-state index in [1.807, 2.05) is 0 Å². The van der Waals surface area contributed by atoms with Crippen molar-refractivity contribution >= 4 is 17.7 Å². The van der Waals surface area contributed by atoms with Gasteiger partial charge in [-0.1, -0.05) is 17.9 Å². The highest BCUT2D eigenvalue weighted by Crippen LogP contribution is 2.30. The summed E-state index contributed by atoms with van der Waals surface area (Å²) in [6, 6.07) is 0. The lowest BCUT2D eigenvalue weighted by Gasteiger charge is -2.06. The van der Waals surface area contributed by atoms with Gasteiger partial charge in [0.25, 0.3) is 0 Å². The zero-order valence-electron chi connectivity index (χ0n) is 10.1. The number of thioether (sulfide) groups is 1. The van der Waals surface area contributed by atoms with Crippen LogP contribution in [0.3, 0.4) is 0 Å². The van der Waals surface area contributed by atoms with Crippen LogP contribution in [0, 0.1) is 6.92 Å². The molecule has 0 aromatic carbocycles. The Balaban J connectivity index is 2.60. The number of carbonyl (C=O) groups is 1. The van der Waals surface area contributed by atoms with Crippen molar-refractivity contribution < 1.29 is 22.7 Å². The molecule has 0 fully saturated rings. The number of hydrogen-bond acceptors (Lipinski definition) is 5. The van der Waals surface area contributed by atoms with Gasteiger partial charge in [0.2, 0.25) is 0 Å². The molecule has 0 bridgehead atoms. The third-order valence-corrected chi connectivity index (χ3v) is 2.79. The van der Waals surface area contributed by atoms with E-state index >= 15 is 0 Å². The molecule has 0 unspecified atom stereocenters. The number of nitrogens with zero attached hydrogens (tertiary/aromatic N) is 3. The van der Waals surface area contributed by atoms with E-state index in [0.717, 1.165) is 0 Å². The molecule has 9 heteroatoms.